The van der Waals surface area contributed by atoms with Gasteiger partial charge in [-0.05, 0) is 36.6 Å². The van der Waals surface area contributed by atoms with Crippen molar-refractivity contribution in [2.45, 2.75) is 25.0 Å². The van der Waals surface area contributed by atoms with E-state index in [2.05, 4.69) is 20.8 Å². The van der Waals surface area contributed by atoms with Gasteiger partial charge in [-0.3, -0.25) is 4.84 Å². The van der Waals surface area contributed by atoms with E-state index in [-0.39, 0.29) is 0 Å². The van der Waals surface area contributed by atoms with Gasteiger partial charge in [0.25, 0.3) is 0 Å². The second-order valence-corrected chi connectivity index (χ2v) is 4.76. The van der Waals surface area contributed by atoms with Crippen LogP contribution in [0.25, 0.3) is 0 Å². The largest absolute Gasteiger partial charge is 0.487 e. The summed E-state index contributed by atoms with van der Waals surface area (Å²) in [5.74, 6) is 4.56. The fourth-order valence-electron chi connectivity index (χ4n) is 1.90. The zero-order valence-electron chi connectivity index (χ0n) is 8.93. The van der Waals surface area contributed by atoms with Crippen LogP contribution >= 0.6 is 15.9 Å². The molecular formula is C11H12BrNO4. The number of nitrogens with two attached hydrogens (primary N) is 1. The molecule has 1 unspecified atom stereocenters. The standard InChI is InChI=1S/C11H12BrNO4/c12-7-2-4-8-6(5-7)1-3-9(16-8)10(17-13)11(14)15/h2,4-5,9-10H,1,3,13H2,(H,14,15)/t9-,10?/m1/s1. The van der Waals surface area contributed by atoms with Crippen LogP contribution in [-0.2, 0) is 16.1 Å². The summed E-state index contributed by atoms with van der Waals surface area (Å²) in [4.78, 5) is 15.4. The van der Waals surface area contributed by atoms with Crippen molar-refractivity contribution in [1.29, 1.82) is 0 Å². The van der Waals surface area contributed by atoms with E-state index >= 15 is 0 Å². The van der Waals surface area contributed by atoms with Crippen LogP contribution in [0, 0.1) is 0 Å². The van der Waals surface area contributed by atoms with E-state index in [0.717, 1.165) is 16.5 Å². The van der Waals surface area contributed by atoms with Crippen molar-refractivity contribution >= 4 is 21.9 Å². The summed E-state index contributed by atoms with van der Waals surface area (Å²) >= 11 is 3.38. The molecule has 0 saturated carbocycles. The van der Waals surface area contributed by atoms with Gasteiger partial charge in [-0.1, -0.05) is 15.9 Å². The van der Waals surface area contributed by atoms with Crippen molar-refractivity contribution in [2.24, 2.45) is 5.90 Å². The third-order valence-electron chi connectivity index (χ3n) is 2.73. The molecule has 2 rings (SSSR count). The van der Waals surface area contributed by atoms with Gasteiger partial charge in [0.2, 0.25) is 6.10 Å². The van der Waals surface area contributed by atoms with Gasteiger partial charge >= 0.3 is 5.97 Å². The van der Waals surface area contributed by atoms with Crippen LogP contribution in [0.1, 0.15) is 12.0 Å². The Kier molecular flexibility index (Phi) is 3.66. The minimum atomic E-state index is -1.13. The molecule has 0 fully saturated rings. The molecule has 1 aromatic rings. The number of carbonyl (C=O) groups is 1. The molecule has 1 heterocycles. The Bertz CT molecular complexity index is 437. The van der Waals surface area contributed by atoms with Gasteiger partial charge in [0.05, 0.1) is 0 Å². The summed E-state index contributed by atoms with van der Waals surface area (Å²) in [7, 11) is 0. The van der Waals surface area contributed by atoms with Gasteiger partial charge in [-0.25, -0.2) is 10.7 Å². The Hall–Kier alpha value is -1.11. The molecule has 17 heavy (non-hydrogen) atoms. The first-order valence-corrected chi connectivity index (χ1v) is 5.94. The molecule has 0 saturated heterocycles. The summed E-state index contributed by atoms with van der Waals surface area (Å²) in [5, 5.41) is 8.93. The van der Waals surface area contributed by atoms with Gasteiger partial charge in [0.1, 0.15) is 11.9 Å². The molecule has 0 amide bonds. The number of aryl methyl sites for hydroxylation is 1. The SMILES string of the molecule is NOC(C(=O)O)[C@H]1CCc2cc(Br)ccc2O1. The van der Waals surface area contributed by atoms with Gasteiger partial charge < -0.3 is 9.84 Å². The fourth-order valence-corrected chi connectivity index (χ4v) is 2.30. The first-order valence-electron chi connectivity index (χ1n) is 5.15. The average molecular weight is 302 g/mol. The van der Waals surface area contributed by atoms with E-state index in [1.165, 1.54) is 0 Å². The Labute approximate surface area is 107 Å². The fraction of sp³-hybridized carbons (Fsp3) is 0.364. The van der Waals surface area contributed by atoms with Crippen molar-refractivity contribution in [1.82, 2.24) is 0 Å². The number of carboxylic acids is 1. The predicted octanol–water partition coefficient (Wildman–Crippen LogP) is 1.49. The third kappa shape index (κ3) is 2.59. The first-order chi connectivity index (χ1) is 8.11. The molecule has 92 valence electrons. The zero-order chi connectivity index (χ0) is 12.4. The van der Waals surface area contributed by atoms with Crippen LogP contribution in [0.2, 0.25) is 0 Å². The van der Waals surface area contributed by atoms with E-state index < -0.39 is 18.2 Å². The van der Waals surface area contributed by atoms with E-state index in [1.54, 1.807) is 6.07 Å². The highest BCUT2D eigenvalue weighted by molar-refractivity contribution is 9.10. The number of ether oxygens (including phenoxy) is 1. The Balaban J connectivity index is 2.18. The highest BCUT2D eigenvalue weighted by Gasteiger charge is 2.33. The van der Waals surface area contributed by atoms with Crippen LogP contribution < -0.4 is 10.6 Å². The van der Waals surface area contributed by atoms with Crippen molar-refractivity contribution in [3.05, 3.63) is 28.2 Å². The smallest absolute Gasteiger partial charge is 0.338 e. The highest BCUT2D eigenvalue weighted by atomic mass is 79.9. The second kappa shape index (κ2) is 5.03. The maximum Gasteiger partial charge on any atom is 0.338 e. The number of fused-ring (bicyclic) bond motifs is 1. The Morgan fingerprint density at radius 2 is 2.41 bits per heavy atom. The lowest BCUT2D eigenvalue weighted by Gasteiger charge is -2.29. The van der Waals surface area contributed by atoms with Gasteiger partial charge in [0, 0.05) is 4.47 Å². The lowest BCUT2D eigenvalue weighted by Crippen LogP contribution is -2.43. The van der Waals surface area contributed by atoms with Crippen LogP contribution in [0.15, 0.2) is 22.7 Å². The monoisotopic (exact) mass is 301 g/mol. The van der Waals surface area contributed by atoms with Crippen LogP contribution in [-0.4, -0.2) is 23.3 Å². The maximum absolute atomic E-state index is 10.9. The Morgan fingerprint density at radius 1 is 1.65 bits per heavy atom. The first kappa shape index (κ1) is 12.3. The molecule has 1 aliphatic rings. The number of halogens is 1. The van der Waals surface area contributed by atoms with Crippen LogP contribution in [0.5, 0.6) is 5.75 Å². The topological polar surface area (TPSA) is 81.8 Å². The summed E-state index contributed by atoms with van der Waals surface area (Å²) in [6.45, 7) is 0. The van der Waals surface area contributed by atoms with Gasteiger partial charge in [-0.15, -0.1) is 0 Å². The van der Waals surface area contributed by atoms with Gasteiger partial charge in [-0.2, -0.15) is 0 Å². The van der Waals surface area contributed by atoms with E-state index in [4.69, 9.17) is 15.7 Å². The van der Waals surface area contributed by atoms with Crippen molar-refractivity contribution in [3.63, 3.8) is 0 Å². The number of rotatable bonds is 3. The molecule has 0 aliphatic carbocycles. The molecule has 3 N–H and O–H groups in total. The van der Waals surface area contributed by atoms with Crippen molar-refractivity contribution in [2.75, 3.05) is 0 Å². The number of hydrogen-bond donors (Lipinski definition) is 2. The average Bonchev–Trinajstić information content (AvgIpc) is 2.29. The zero-order valence-corrected chi connectivity index (χ0v) is 10.5. The Morgan fingerprint density at radius 3 is 3.06 bits per heavy atom. The summed E-state index contributed by atoms with van der Waals surface area (Å²) in [6, 6.07) is 5.62. The lowest BCUT2D eigenvalue weighted by atomic mass is 9.99. The highest BCUT2D eigenvalue weighted by Crippen LogP contribution is 2.31. The maximum atomic E-state index is 10.9. The summed E-state index contributed by atoms with van der Waals surface area (Å²) in [5.41, 5.74) is 1.05. The molecule has 6 heteroatoms. The quantitative estimate of drug-likeness (QED) is 0.827. The molecule has 0 spiro atoms. The van der Waals surface area contributed by atoms with E-state index in [0.29, 0.717) is 12.2 Å². The molecule has 0 radical (unpaired) electrons. The summed E-state index contributed by atoms with van der Waals surface area (Å²) < 4.78 is 6.57. The lowest BCUT2D eigenvalue weighted by molar-refractivity contribution is -0.158. The van der Waals surface area contributed by atoms with Crippen LogP contribution in [0.3, 0.4) is 0 Å². The molecule has 0 aromatic heterocycles. The number of hydrogen-bond acceptors (Lipinski definition) is 4. The van der Waals surface area contributed by atoms with Crippen molar-refractivity contribution < 1.29 is 19.5 Å². The molecule has 0 bridgehead atoms. The molecule has 2 atom stereocenters. The van der Waals surface area contributed by atoms with Crippen molar-refractivity contribution in [3.8, 4) is 5.75 Å². The van der Waals surface area contributed by atoms with Gasteiger partial charge in [0.15, 0.2) is 0 Å². The third-order valence-corrected chi connectivity index (χ3v) is 3.22. The summed E-state index contributed by atoms with van der Waals surface area (Å²) in [6.07, 6.45) is -0.373. The number of carboxylic acid groups (broad SMARTS) is 1. The van der Waals surface area contributed by atoms with E-state index in [9.17, 15) is 4.79 Å². The number of benzene rings is 1. The second-order valence-electron chi connectivity index (χ2n) is 3.84. The normalized spacial score (nSPS) is 20.2. The minimum Gasteiger partial charge on any atom is -0.487 e. The molecule has 5 nitrogen and oxygen atoms in total. The molecular weight excluding hydrogens is 290 g/mol. The molecule has 1 aliphatic heterocycles. The predicted molar refractivity (Wildman–Crippen MR) is 63.6 cm³/mol. The number of aliphatic carboxylic acids is 1. The van der Waals surface area contributed by atoms with Crippen LogP contribution in [0.4, 0.5) is 0 Å². The minimum absolute atomic E-state index is 0.550. The van der Waals surface area contributed by atoms with E-state index in [1.807, 2.05) is 12.1 Å². The molecule has 1 aromatic carbocycles.